The van der Waals surface area contributed by atoms with Crippen molar-refractivity contribution in [2.75, 3.05) is 24.4 Å². The second kappa shape index (κ2) is 9.93. The molecule has 1 N–H and O–H groups in total. The number of carbonyl (C=O) groups excluding carboxylic acids is 2. The molecule has 1 aliphatic heterocycles. The predicted octanol–water partition coefficient (Wildman–Crippen LogP) is 3.53. The van der Waals surface area contributed by atoms with Gasteiger partial charge in [0.2, 0.25) is 6.41 Å². The molecule has 0 bridgehead atoms. The molecule has 2 aromatic rings. The van der Waals surface area contributed by atoms with E-state index in [2.05, 4.69) is 0 Å². The molecule has 2 atom stereocenters. The van der Waals surface area contributed by atoms with Crippen molar-refractivity contribution in [2.24, 2.45) is 0 Å². The number of fused-ring (bicyclic) bond motifs is 1. The van der Waals surface area contributed by atoms with Gasteiger partial charge in [-0.05, 0) is 55.5 Å². The zero-order valence-corrected chi connectivity index (χ0v) is 19.5. The molecule has 1 heterocycles. The quantitative estimate of drug-likeness (QED) is 0.397. The van der Waals surface area contributed by atoms with E-state index in [-0.39, 0.29) is 17.7 Å². The topological polar surface area (TPSA) is 96.4 Å². The molecular formula is C24H28N2O6S. The molecule has 2 amide bonds. The van der Waals surface area contributed by atoms with Gasteiger partial charge in [0.15, 0.2) is 22.6 Å². The second-order valence-electron chi connectivity index (χ2n) is 8.16. The Hall–Kier alpha value is -2.91. The third-order valence-corrected chi connectivity index (χ3v) is 6.68. The van der Waals surface area contributed by atoms with Crippen LogP contribution in [0, 0.1) is 0 Å². The van der Waals surface area contributed by atoms with Crippen LogP contribution >= 0.6 is 0 Å². The Morgan fingerprint density at radius 3 is 2.70 bits per heavy atom. The third kappa shape index (κ3) is 4.74. The number of nitrogens with zero attached hydrogens (tertiary/aromatic N) is 2. The van der Waals surface area contributed by atoms with Crippen LogP contribution in [0.3, 0.4) is 0 Å². The van der Waals surface area contributed by atoms with Gasteiger partial charge in [0, 0.05) is 12.6 Å². The van der Waals surface area contributed by atoms with Crippen molar-refractivity contribution in [1.82, 2.24) is 4.90 Å². The molecule has 1 saturated carbocycles. The molecule has 0 spiro atoms. The Balaban J connectivity index is 1.71. The number of ether oxygens (including phenoxy) is 2. The highest BCUT2D eigenvalue weighted by Gasteiger charge is 2.39. The fourth-order valence-electron chi connectivity index (χ4n) is 4.41. The van der Waals surface area contributed by atoms with Crippen LogP contribution in [0.4, 0.5) is 5.69 Å². The van der Waals surface area contributed by atoms with E-state index in [1.165, 1.54) is 0 Å². The van der Waals surface area contributed by atoms with Crippen molar-refractivity contribution in [2.45, 2.75) is 44.8 Å². The Morgan fingerprint density at radius 1 is 1.27 bits per heavy atom. The van der Waals surface area contributed by atoms with Gasteiger partial charge in [-0.25, -0.2) is 4.21 Å². The van der Waals surface area contributed by atoms with Gasteiger partial charge in [-0.1, -0.05) is 18.2 Å². The van der Waals surface area contributed by atoms with Crippen LogP contribution in [-0.2, 0) is 22.4 Å². The lowest BCUT2D eigenvalue weighted by molar-refractivity contribution is -0.107. The molecule has 1 unspecified atom stereocenters. The molecule has 2 aliphatic rings. The SMILES string of the molecule is CCOc1cc([C@H](CCS(=O)O)N2Cc3cccc(N(C=O)C4CC4)c3C2=O)ccc1OC. The second-order valence-corrected chi connectivity index (χ2v) is 9.21. The Labute approximate surface area is 195 Å². The van der Waals surface area contributed by atoms with Gasteiger partial charge in [-0.3, -0.25) is 9.59 Å². The van der Waals surface area contributed by atoms with Crippen LogP contribution in [0.1, 0.15) is 53.7 Å². The van der Waals surface area contributed by atoms with E-state index < -0.39 is 17.1 Å². The van der Waals surface area contributed by atoms with E-state index in [4.69, 9.17) is 9.47 Å². The van der Waals surface area contributed by atoms with Crippen molar-refractivity contribution in [3.8, 4) is 11.5 Å². The molecule has 176 valence electrons. The van der Waals surface area contributed by atoms with E-state index in [1.54, 1.807) is 23.0 Å². The van der Waals surface area contributed by atoms with Crippen LogP contribution in [0.25, 0.3) is 0 Å². The number of hydrogen-bond acceptors (Lipinski definition) is 5. The minimum atomic E-state index is -2.00. The molecule has 4 rings (SSSR count). The lowest BCUT2D eigenvalue weighted by atomic mass is 10.0. The van der Waals surface area contributed by atoms with Gasteiger partial charge in [-0.2, -0.15) is 0 Å². The standard InChI is InChI=1S/C24H28N2O6S/c1-3-32-22-13-16(7-10-21(22)31-2)19(11-12-33(29)30)25-14-17-5-4-6-20(23(17)24(25)28)26(15-27)18-8-9-18/h4-7,10,13,15,18-19H,3,8-9,11-12,14H2,1-2H3,(H,29,30)/t19-/m0/s1. The summed E-state index contributed by atoms with van der Waals surface area (Å²) in [5.74, 6) is 0.972. The Morgan fingerprint density at radius 2 is 2.06 bits per heavy atom. The highest BCUT2D eigenvalue weighted by molar-refractivity contribution is 7.79. The van der Waals surface area contributed by atoms with Gasteiger partial charge >= 0.3 is 0 Å². The number of anilines is 1. The molecule has 9 heteroatoms. The highest BCUT2D eigenvalue weighted by atomic mass is 32.2. The zero-order chi connectivity index (χ0) is 23.5. The summed E-state index contributed by atoms with van der Waals surface area (Å²) in [5.41, 5.74) is 2.80. The normalized spacial score (nSPS) is 16.8. The fraction of sp³-hybridized carbons (Fsp3) is 0.417. The molecule has 2 aromatic carbocycles. The summed E-state index contributed by atoms with van der Waals surface area (Å²) in [6.45, 7) is 2.68. The maximum Gasteiger partial charge on any atom is 0.257 e. The fourth-order valence-corrected chi connectivity index (χ4v) is 4.83. The van der Waals surface area contributed by atoms with E-state index in [1.807, 2.05) is 37.3 Å². The summed E-state index contributed by atoms with van der Waals surface area (Å²) in [7, 11) is 1.56. The smallest absolute Gasteiger partial charge is 0.257 e. The van der Waals surface area contributed by atoms with Crippen molar-refractivity contribution < 1.29 is 27.8 Å². The Bertz CT molecular complexity index is 1070. The first-order valence-corrected chi connectivity index (χ1v) is 12.3. The van der Waals surface area contributed by atoms with Gasteiger partial charge in [0.25, 0.3) is 5.91 Å². The van der Waals surface area contributed by atoms with E-state index in [0.29, 0.717) is 42.3 Å². The van der Waals surface area contributed by atoms with Crippen molar-refractivity contribution in [3.05, 3.63) is 53.1 Å². The number of hydrogen-bond donors (Lipinski definition) is 1. The van der Waals surface area contributed by atoms with Crippen LogP contribution in [0.15, 0.2) is 36.4 Å². The lowest BCUT2D eigenvalue weighted by Crippen LogP contribution is -2.31. The molecule has 0 aromatic heterocycles. The number of benzene rings is 2. The zero-order valence-electron chi connectivity index (χ0n) is 18.7. The van der Waals surface area contributed by atoms with Gasteiger partial charge in [-0.15, -0.1) is 0 Å². The van der Waals surface area contributed by atoms with Crippen LogP contribution in [-0.4, -0.2) is 51.5 Å². The van der Waals surface area contributed by atoms with Crippen molar-refractivity contribution in [3.63, 3.8) is 0 Å². The number of carbonyl (C=O) groups is 2. The van der Waals surface area contributed by atoms with Gasteiger partial charge in [0.05, 0.1) is 36.8 Å². The first-order chi connectivity index (χ1) is 16.0. The average molecular weight is 473 g/mol. The largest absolute Gasteiger partial charge is 0.493 e. The minimum absolute atomic E-state index is 0.0240. The molecule has 1 fully saturated rings. The maximum absolute atomic E-state index is 13.7. The predicted molar refractivity (Wildman–Crippen MR) is 125 cm³/mol. The van der Waals surface area contributed by atoms with Crippen LogP contribution in [0.5, 0.6) is 11.5 Å². The molecular weight excluding hydrogens is 444 g/mol. The highest BCUT2D eigenvalue weighted by Crippen LogP contribution is 2.41. The Kier molecular flexibility index (Phi) is 6.99. The number of rotatable bonds is 11. The molecule has 1 aliphatic carbocycles. The summed E-state index contributed by atoms with van der Waals surface area (Å²) in [4.78, 5) is 28.8. The summed E-state index contributed by atoms with van der Waals surface area (Å²) in [6, 6.07) is 10.7. The monoisotopic (exact) mass is 472 g/mol. The minimum Gasteiger partial charge on any atom is -0.493 e. The molecule has 0 radical (unpaired) electrons. The molecule has 8 nitrogen and oxygen atoms in total. The van der Waals surface area contributed by atoms with Crippen LogP contribution < -0.4 is 14.4 Å². The number of amides is 2. The molecule has 0 saturated heterocycles. The lowest BCUT2D eigenvalue weighted by Gasteiger charge is -2.29. The van der Waals surface area contributed by atoms with Crippen molar-refractivity contribution >= 4 is 29.1 Å². The summed E-state index contributed by atoms with van der Waals surface area (Å²) < 4.78 is 32.0. The maximum atomic E-state index is 13.7. The first kappa shape index (κ1) is 23.3. The van der Waals surface area contributed by atoms with E-state index in [9.17, 15) is 18.4 Å². The first-order valence-electron chi connectivity index (χ1n) is 11.0. The average Bonchev–Trinajstić information content (AvgIpc) is 3.58. The van der Waals surface area contributed by atoms with Crippen LogP contribution in [0.2, 0.25) is 0 Å². The number of methoxy groups -OCH3 is 1. The third-order valence-electron chi connectivity index (χ3n) is 6.09. The van der Waals surface area contributed by atoms with Gasteiger partial charge in [0.1, 0.15) is 0 Å². The van der Waals surface area contributed by atoms with Gasteiger partial charge < -0.3 is 23.8 Å². The molecule has 33 heavy (non-hydrogen) atoms. The summed E-state index contributed by atoms with van der Waals surface area (Å²) in [6.07, 6.45) is 2.96. The summed E-state index contributed by atoms with van der Waals surface area (Å²) in [5, 5.41) is 0. The van der Waals surface area contributed by atoms with Crippen molar-refractivity contribution in [1.29, 1.82) is 0 Å². The van der Waals surface area contributed by atoms with E-state index in [0.717, 1.165) is 30.4 Å². The summed E-state index contributed by atoms with van der Waals surface area (Å²) >= 11 is -2.00. The van der Waals surface area contributed by atoms with E-state index >= 15 is 0 Å².